The van der Waals surface area contributed by atoms with Crippen LogP contribution in [0.2, 0.25) is 0 Å². The molecule has 0 N–H and O–H groups in total. The molecule has 0 aliphatic heterocycles. The van der Waals surface area contributed by atoms with Gasteiger partial charge in [-0.1, -0.05) is 84.9 Å². The molecule has 0 aliphatic rings. The normalized spacial score (nSPS) is 13.8. The average molecular weight is 454 g/mol. The molecule has 0 spiro atoms. The number of benzene rings is 6. The largest absolute Gasteiger partial charge is 0.309 e. The summed E-state index contributed by atoms with van der Waals surface area (Å²) >= 11 is 1.44. The Balaban J connectivity index is 1.78. The molecule has 2 heteroatoms. The predicted molar refractivity (Wildman–Crippen MR) is 149 cm³/mol. The molecule has 8 rings (SSSR count). The van der Waals surface area contributed by atoms with Crippen molar-refractivity contribution in [2.24, 2.45) is 0 Å². The summed E-state index contributed by atoms with van der Waals surface area (Å²) in [7, 11) is 0. The number of aromatic nitrogens is 1. The number of rotatable bonds is 1. The van der Waals surface area contributed by atoms with E-state index in [0.29, 0.717) is 10.1 Å². The topological polar surface area (TPSA) is 4.93 Å². The molecule has 34 heavy (non-hydrogen) atoms. The van der Waals surface area contributed by atoms with Crippen molar-refractivity contribution in [3.63, 3.8) is 0 Å². The van der Waals surface area contributed by atoms with Gasteiger partial charge in [-0.2, -0.15) is 0 Å². The van der Waals surface area contributed by atoms with Gasteiger partial charge in [-0.05, 0) is 46.5 Å². The smallest absolute Gasteiger partial charge is 0.0638 e. The Morgan fingerprint density at radius 2 is 1.21 bits per heavy atom. The summed E-state index contributed by atoms with van der Waals surface area (Å²) in [6.45, 7) is 0. The van der Waals surface area contributed by atoms with Crippen molar-refractivity contribution < 1.29 is 5.48 Å². The number of para-hydroxylation sites is 1. The Kier molecular flexibility index (Phi) is 2.93. The van der Waals surface area contributed by atoms with Gasteiger partial charge in [-0.15, -0.1) is 11.3 Å². The van der Waals surface area contributed by atoms with Gasteiger partial charge in [-0.3, -0.25) is 0 Å². The number of fused-ring (bicyclic) bond motifs is 12. The molecular formula is C32H19NS. The molecule has 6 aromatic carbocycles. The van der Waals surface area contributed by atoms with Crippen LogP contribution in [-0.2, 0) is 0 Å². The highest BCUT2D eigenvalue weighted by Crippen LogP contribution is 2.47. The summed E-state index contributed by atoms with van der Waals surface area (Å²) in [6.07, 6.45) is 0. The van der Waals surface area contributed by atoms with Crippen LogP contribution >= 0.6 is 11.3 Å². The minimum Gasteiger partial charge on any atom is -0.309 e. The van der Waals surface area contributed by atoms with Gasteiger partial charge in [0.15, 0.2) is 0 Å². The second kappa shape index (κ2) is 6.69. The van der Waals surface area contributed by atoms with E-state index >= 15 is 0 Å². The van der Waals surface area contributed by atoms with Crippen molar-refractivity contribution in [2.75, 3.05) is 0 Å². The molecule has 0 amide bonds. The summed E-state index contributed by atoms with van der Waals surface area (Å²) in [5.74, 6) is 0. The monoisotopic (exact) mass is 453 g/mol. The van der Waals surface area contributed by atoms with Gasteiger partial charge in [0.05, 0.1) is 16.5 Å². The molecular weight excluding hydrogens is 430 g/mol. The van der Waals surface area contributed by atoms with Crippen molar-refractivity contribution in [1.29, 1.82) is 0 Å². The van der Waals surface area contributed by atoms with Gasteiger partial charge in [0.25, 0.3) is 0 Å². The van der Waals surface area contributed by atoms with Crippen molar-refractivity contribution in [1.82, 2.24) is 4.57 Å². The molecule has 0 saturated heterocycles. The van der Waals surface area contributed by atoms with Crippen LogP contribution in [0.5, 0.6) is 0 Å². The van der Waals surface area contributed by atoms with Gasteiger partial charge < -0.3 is 4.57 Å². The Labute approximate surface area is 205 Å². The van der Waals surface area contributed by atoms with Crippen molar-refractivity contribution in [3.8, 4) is 5.69 Å². The Hall–Kier alpha value is -4.14. The van der Waals surface area contributed by atoms with Gasteiger partial charge in [0.1, 0.15) is 0 Å². The standard InChI is InChI=1S/C32H19NS/c1-2-10-20(11-3-1)33-26-18-19-28-29(25-16-8-9-17-27(25)34-28)31(26)30-23-14-6-4-12-21(23)22-13-5-7-15-24(22)32(30)33/h1-19H/i8D,9D,16D,17D. The first kappa shape index (κ1) is 14.9. The molecule has 8 aromatic rings. The molecule has 0 unspecified atom stereocenters. The lowest BCUT2D eigenvalue weighted by molar-refractivity contribution is 1.19. The number of hydrogen-bond donors (Lipinski definition) is 0. The summed E-state index contributed by atoms with van der Waals surface area (Å²) < 4.78 is 38.1. The van der Waals surface area contributed by atoms with E-state index in [4.69, 9.17) is 5.48 Å². The summed E-state index contributed by atoms with van der Waals surface area (Å²) in [5.41, 5.74) is 3.18. The molecule has 0 bridgehead atoms. The zero-order valence-corrected chi connectivity index (χ0v) is 18.8. The minimum atomic E-state index is -0.193. The highest BCUT2D eigenvalue weighted by Gasteiger charge is 2.21. The van der Waals surface area contributed by atoms with Crippen LogP contribution in [0, 0.1) is 0 Å². The van der Waals surface area contributed by atoms with E-state index in [-0.39, 0.29) is 24.2 Å². The van der Waals surface area contributed by atoms with Gasteiger partial charge in [0, 0.05) is 42.0 Å². The molecule has 0 saturated carbocycles. The summed E-state index contributed by atoms with van der Waals surface area (Å²) in [6, 6.07) is 31.2. The van der Waals surface area contributed by atoms with Crippen LogP contribution in [0.1, 0.15) is 5.48 Å². The highest BCUT2D eigenvalue weighted by atomic mass is 32.1. The molecule has 0 atom stereocenters. The summed E-state index contributed by atoms with van der Waals surface area (Å²) in [5, 5.41) is 8.27. The first-order valence-corrected chi connectivity index (χ1v) is 12.1. The van der Waals surface area contributed by atoms with E-state index in [0.717, 1.165) is 48.4 Å². The van der Waals surface area contributed by atoms with Crippen molar-refractivity contribution in [2.45, 2.75) is 0 Å². The van der Waals surface area contributed by atoms with Crippen LogP contribution in [0.25, 0.3) is 69.2 Å². The van der Waals surface area contributed by atoms with Gasteiger partial charge >= 0.3 is 0 Å². The fraction of sp³-hybridized carbons (Fsp3) is 0. The van der Waals surface area contributed by atoms with E-state index in [1.54, 1.807) is 0 Å². The third-order valence-electron chi connectivity index (χ3n) is 6.89. The van der Waals surface area contributed by atoms with Gasteiger partial charge in [-0.25, -0.2) is 0 Å². The van der Waals surface area contributed by atoms with E-state index in [9.17, 15) is 0 Å². The Bertz CT molecular complexity index is 2280. The minimum absolute atomic E-state index is 0.0189. The quantitative estimate of drug-likeness (QED) is 0.218. The van der Waals surface area contributed by atoms with E-state index in [1.807, 2.05) is 18.2 Å². The molecule has 0 aliphatic carbocycles. The lowest BCUT2D eigenvalue weighted by atomic mass is 9.95. The molecule has 1 nitrogen and oxygen atoms in total. The lowest BCUT2D eigenvalue weighted by Gasteiger charge is -2.12. The second-order valence-electron chi connectivity index (χ2n) is 8.62. The van der Waals surface area contributed by atoms with Crippen LogP contribution in [0.15, 0.2) is 115 Å². The lowest BCUT2D eigenvalue weighted by Crippen LogP contribution is -1.94. The third kappa shape index (κ3) is 2.28. The maximum atomic E-state index is 8.88. The molecule has 2 aromatic heterocycles. The number of hydrogen-bond acceptors (Lipinski definition) is 1. The van der Waals surface area contributed by atoms with Crippen molar-refractivity contribution >= 4 is 74.9 Å². The Morgan fingerprint density at radius 1 is 0.529 bits per heavy atom. The maximum absolute atomic E-state index is 8.88. The van der Waals surface area contributed by atoms with Crippen LogP contribution in [-0.4, -0.2) is 4.57 Å². The zero-order chi connectivity index (χ0) is 25.7. The van der Waals surface area contributed by atoms with E-state index < -0.39 is 0 Å². The van der Waals surface area contributed by atoms with Crippen LogP contribution in [0.3, 0.4) is 0 Å². The molecule has 2 heterocycles. The fourth-order valence-electron chi connectivity index (χ4n) is 5.58. The molecule has 158 valence electrons. The second-order valence-corrected chi connectivity index (χ2v) is 9.68. The number of nitrogens with zero attached hydrogens (tertiary/aromatic N) is 1. The van der Waals surface area contributed by atoms with Gasteiger partial charge in [0.2, 0.25) is 0 Å². The fourth-order valence-corrected chi connectivity index (χ4v) is 6.60. The van der Waals surface area contributed by atoms with Crippen LogP contribution in [0.4, 0.5) is 0 Å². The summed E-state index contributed by atoms with van der Waals surface area (Å²) in [4.78, 5) is 0. The zero-order valence-electron chi connectivity index (χ0n) is 22.0. The first-order valence-electron chi connectivity index (χ1n) is 13.3. The SMILES string of the molecule is [2H]c1c([2H])c([2H])c2c(sc3ccc4c(c32)c2c3ccccc3c3ccccc3c2n4-c2ccccc2)c1[2H]. The third-order valence-corrected chi connectivity index (χ3v) is 7.97. The maximum Gasteiger partial charge on any atom is 0.0638 e. The highest BCUT2D eigenvalue weighted by molar-refractivity contribution is 7.26. The number of thiophene rings is 1. The molecule has 0 fully saturated rings. The predicted octanol–water partition coefficient (Wildman–Crippen LogP) is 9.46. The van der Waals surface area contributed by atoms with Crippen LogP contribution < -0.4 is 0 Å². The Morgan fingerprint density at radius 3 is 2.03 bits per heavy atom. The van der Waals surface area contributed by atoms with Crippen molar-refractivity contribution in [3.05, 3.63) is 115 Å². The van der Waals surface area contributed by atoms with E-state index in [1.165, 1.54) is 22.1 Å². The average Bonchev–Trinajstić information content (AvgIpc) is 3.52. The first-order chi connectivity index (χ1) is 18.6. The molecule has 0 radical (unpaired) electrons. The van der Waals surface area contributed by atoms with E-state index in [2.05, 4.69) is 77.4 Å².